The Balaban J connectivity index is 1.53. The van der Waals surface area contributed by atoms with Gasteiger partial charge in [-0.3, -0.25) is 4.79 Å². The molecule has 1 heterocycles. The van der Waals surface area contributed by atoms with Crippen LogP contribution in [0.25, 0.3) is 5.69 Å². The second-order valence-electron chi connectivity index (χ2n) is 6.32. The predicted octanol–water partition coefficient (Wildman–Crippen LogP) is 3.10. The van der Waals surface area contributed by atoms with Crippen molar-refractivity contribution in [3.05, 3.63) is 65.2 Å². The number of ether oxygens (including phenoxy) is 2. The number of aryl methyl sites for hydroxylation is 2. The van der Waals surface area contributed by atoms with E-state index in [1.165, 1.54) is 17.3 Å². The molecule has 1 aromatic heterocycles. The molecule has 0 fully saturated rings. The molecule has 0 bridgehead atoms. The highest BCUT2D eigenvalue weighted by atomic mass is 35.5. The zero-order valence-electron chi connectivity index (χ0n) is 15.9. The SMILES string of the molecule is Cc1cc(C)cc(OCC(=O)OCC(=O)Nc2cc(Cl)ccc2-n2cncn2)c1. The van der Waals surface area contributed by atoms with Gasteiger partial charge >= 0.3 is 5.97 Å². The van der Waals surface area contributed by atoms with Crippen molar-refractivity contribution >= 4 is 29.2 Å². The zero-order chi connectivity index (χ0) is 20.8. The van der Waals surface area contributed by atoms with Gasteiger partial charge in [-0.15, -0.1) is 0 Å². The van der Waals surface area contributed by atoms with Gasteiger partial charge in [0.1, 0.15) is 18.4 Å². The van der Waals surface area contributed by atoms with Crippen LogP contribution in [-0.2, 0) is 14.3 Å². The first-order valence-electron chi connectivity index (χ1n) is 8.72. The van der Waals surface area contributed by atoms with Gasteiger partial charge in [-0.2, -0.15) is 5.10 Å². The number of carbonyl (C=O) groups excluding carboxylic acids is 2. The number of esters is 1. The maximum Gasteiger partial charge on any atom is 0.344 e. The molecule has 0 radical (unpaired) electrons. The molecule has 150 valence electrons. The third-order valence-electron chi connectivity index (χ3n) is 3.81. The molecule has 3 aromatic rings. The first-order chi connectivity index (χ1) is 13.9. The van der Waals surface area contributed by atoms with E-state index in [1.807, 2.05) is 32.0 Å². The van der Waals surface area contributed by atoms with Gasteiger partial charge in [-0.25, -0.2) is 14.5 Å². The van der Waals surface area contributed by atoms with Crippen molar-refractivity contribution in [3.8, 4) is 11.4 Å². The summed E-state index contributed by atoms with van der Waals surface area (Å²) in [6, 6.07) is 10.6. The van der Waals surface area contributed by atoms with Gasteiger partial charge in [0.15, 0.2) is 13.2 Å². The van der Waals surface area contributed by atoms with E-state index in [2.05, 4.69) is 15.4 Å². The lowest BCUT2D eigenvalue weighted by atomic mass is 10.1. The first-order valence-corrected chi connectivity index (χ1v) is 9.09. The maximum absolute atomic E-state index is 12.2. The summed E-state index contributed by atoms with van der Waals surface area (Å²) < 4.78 is 11.9. The Morgan fingerprint density at radius 2 is 1.86 bits per heavy atom. The monoisotopic (exact) mass is 414 g/mol. The molecule has 0 aliphatic rings. The number of nitrogens with one attached hydrogen (secondary N) is 1. The van der Waals surface area contributed by atoms with Crippen LogP contribution in [0.15, 0.2) is 49.1 Å². The molecular formula is C20H19ClN4O4. The number of aromatic nitrogens is 3. The lowest BCUT2D eigenvalue weighted by molar-refractivity contribution is -0.149. The van der Waals surface area contributed by atoms with Crippen molar-refractivity contribution in [2.75, 3.05) is 18.5 Å². The molecule has 8 nitrogen and oxygen atoms in total. The number of halogens is 1. The summed E-state index contributed by atoms with van der Waals surface area (Å²) in [4.78, 5) is 28.0. The second-order valence-corrected chi connectivity index (χ2v) is 6.76. The van der Waals surface area contributed by atoms with E-state index in [0.29, 0.717) is 22.1 Å². The minimum atomic E-state index is -0.651. The van der Waals surface area contributed by atoms with Gasteiger partial charge < -0.3 is 14.8 Å². The van der Waals surface area contributed by atoms with Gasteiger partial charge in [0.25, 0.3) is 5.91 Å². The summed E-state index contributed by atoms with van der Waals surface area (Å²) in [6.45, 7) is 3.12. The smallest absolute Gasteiger partial charge is 0.344 e. The number of nitrogens with zero attached hydrogens (tertiary/aromatic N) is 3. The number of anilines is 1. The lowest BCUT2D eigenvalue weighted by Gasteiger charge is -2.12. The van der Waals surface area contributed by atoms with Gasteiger partial charge in [0.2, 0.25) is 0 Å². The number of benzene rings is 2. The molecule has 3 rings (SSSR count). The normalized spacial score (nSPS) is 10.4. The summed E-state index contributed by atoms with van der Waals surface area (Å²) in [5.41, 5.74) is 3.04. The summed E-state index contributed by atoms with van der Waals surface area (Å²) in [5.74, 6) is -0.601. The molecule has 0 aliphatic heterocycles. The topological polar surface area (TPSA) is 95.3 Å². The maximum atomic E-state index is 12.2. The first kappa shape index (κ1) is 20.3. The molecule has 0 aliphatic carbocycles. The van der Waals surface area contributed by atoms with E-state index in [0.717, 1.165) is 11.1 Å². The highest BCUT2D eigenvalue weighted by Crippen LogP contribution is 2.24. The van der Waals surface area contributed by atoms with Crippen LogP contribution in [0.1, 0.15) is 11.1 Å². The molecule has 0 saturated carbocycles. The van der Waals surface area contributed by atoms with E-state index in [1.54, 1.807) is 18.2 Å². The van der Waals surface area contributed by atoms with E-state index in [9.17, 15) is 9.59 Å². The minimum Gasteiger partial charge on any atom is -0.482 e. The molecule has 0 atom stereocenters. The van der Waals surface area contributed by atoms with Crippen molar-refractivity contribution in [1.29, 1.82) is 0 Å². The molecular weight excluding hydrogens is 396 g/mol. The fourth-order valence-corrected chi connectivity index (χ4v) is 2.85. The van der Waals surface area contributed by atoms with Gasteiger partial charge in [-0.1, -0.05) is 17.7 Å². The summed E-state index contributed by atoms with van der Waals surface area (Å²) in [5, 5.41) is 7.12. The Bertz CT molecular complexity index is 1000. The standard InChI is InChI=1S/C20H19ClN4O4/c1-13-5-14(2)7-16(6-13)28-10-20(27)29-9-19(26)24-17-8-15(21)3-4-18(17)25-12-22-11-23-25/h3-8,11-12H,9-10H2,1-2H3,(H,24,26). The van der Waals surface area contributed by atoms with Crippen molar-refractivity contribution in [1.82, 2.24) is 14.8 Å². The van der Waals surface area contributed by atoms with Crippen LogP contribution in [0.4, 0.5) is 5.69 Å². The largest absolute Gasteiger partial charge is 0.482 e. The molecule has 0 saturated heterocycles. The Kier molecular flexibility index (Phi) is 6.46. The molecule has 1 amide bonds. The Morgan fingerprint density at radius 3 is 2.55 bits per heavy atom. The third kappa shape index (κ3) is 5.79. The number of amides is 1. The number of carbonyl (C=O) groups is 2. The lowest BCUT2D eigenvalue weighted by Crippen LogP contribution is -2.24. The van der Waals surface area contributed by atoms with Crippen LogP contribution in [0.5, 0.6) is 5.75 Å². The Hall–Kier alpha value is -3.39. The van der Waals surface area contributed by atoms with Crippen LogP contribution in [-0.4, -0.2) is 39.9 Å². The van der Waals surface area contributed by atoms with Gasteiger partial charge in [0.05, 0.1) is 11.4 Å². The molecule has 1 N–H and O–H groups in total. The number of hydrogen-bond donors (Lipinski definition) is 1. The van der Waals surface area contributed by atoms with Gasteiger partial charge in [0, 0.05) is 5.02 Å². The summed E-state index contributed by atoms with van der Waals surface area (Å²) in [6.07, 6.45) is 2.86. The van der Waals surface area contributed by atoms with E-state index in [4.69, 9.17) is 21.1 Å². The van der Waals surface area contributed by atoms with Crippen molar-refractivity contribution in [3.63, 3.8) is 0 Å². The summed E-state index contributed by atoms with van der Waals surface area (Å²) >= 11 is 6.01. The van der Waals surface area contributed by atoms with Crippen molar-refractivity contribution in [2.45, 2.75) is 13.8 Å². The third-order valence-corrected chi connectivity index (χ3v) is 4.05. The molecule has 29 heavy (non-hydrogen) atoms. The fourth-order valence-electron chi connectivity index (χ4n) is 2.67. The average molecular weight is 415 g/mol. The van der Waals surface area contributed by atoms with E-state index < -0.39 is 18.5 Å². The van der Waals surface area contributed by atoms with Crippen LogP contribution in [0.2, 0.25) is 5.02 Å². The van der Waals surface area contributed by atoms with E-state index in [-0.39, 0.29) is 6.61 Å². The van der Waals surface area contributed by atoms with Crippen LogP contribution < -0.4 is 10.1 Å². The zero-order valence-corrected chi connectivity index (χ0v) is 16.6. The predicted molar refractivity (Wildman–Crippen MR) is 107 cm³/mol. The Morgan fingerprint density at radius 1 is 1.10 bits per heavy atom. The highest BCUT2D eigenvalue weighted by molar-refractivity contribution is 6.31. The quantitative estimate of drug-likeness (QED) is 0.597. The number of hydrogen-bond acceptors (Lipinski definition) is 6. The van der Waals surface area contributed by atoms with Crippen LogP contribution >= 0.6 is 11.6 Å². The highest BCUT2D eigenvalue weighted by Gasteiger charge is 2.13. The van der Waals surface area contributed by atoms with Crippen molar-refractivity contribution in [2.24, 2.45) is 0 Å². The number of rotatable bonds is 7. The van der Waals surface area contributed by atoms with Crippen molar-refractivity contribution < 1.29 is 19.1 Å². The Labute approximate surface area is 172 Å². The molecule has 0 unspecified atom stereocenters. The fraction of sp³-hybridized carbons (Fsp3) is 0.200. The molecule has 2 aromatic carbocycles. The van der Waals surface area contributed by atoms with Crippen LogP contribution in [0.3, 0.4) is 0 Å². The summed E-state index contributed by atoms with van der Waals surface area (Å²) in [7, 11) is 0. The second kappa shape index (κ2) is 9.20. The van der Waals surface area contributed by atoms with Crippen LogP contribution in [0, 0.1) is 13.8 Å². The average Bonchev–Trinajstić information content (AvgIpc) is 3.18. The minimum absolute atomic E-state index is 0.294. The molecule has 0 spiro atoms. The van der Waals surface area contributed by atoms with Gasteiger partial charge in [-0.05, 0) is 55.3 Å². The van der Waals surface area contributed by atoms with E-state index >= 15 is 0 Å². The molecule has 9 heteroatoms.